The second-order valence-corrected chi connectivity index (χ2v) is 7.48. The third-order valence-corrected chi connectivity index (χ3v) is 5.43. The fraction of sp³-hybridized carbons (Fsp3) is 0.167. The van der Waals surface area contributed by atoms with Crippen molar-refractivity contribution < 1.29 is 13.5 Å². The molecule has 2 heterocycles. The molecule has 3 aromatic carbocycles. The Morgan fingerprint density at radius 1 is 0.935 bits per heavy atom. The van der Waals surface area contributed by atoms with Crippen molar-refractivity contribution in [1.82, 2.24) is 14.7 Å². The fourth-order valence-electron chi connectivity index (χ4n) is 3.88. The molecule has 156 valence electrons. The van der Waals surface area contributed by atoms with Gasteiger partial charge in [-0.1, -0.05) is 36.4 Å². The van der Waals surface area contributed by atoms with Crippen molar-refractivity contribution in [2.24, 2.45) is 0 Å². The van der Waals surface area contributed by atoms with E-state index >= 15 is 0 Å². The zero-order valence-corrected chi connectivity index (χ0v) is 16.6. The second-order valence-electron chi connectivity index (χ2n) is 7.48. The van der Waals surface area contributed by atoms with Crippen molar-refractivity contribution in [3.63, 3.8) is 0 Å². The molecule has 0 spiro atoms. The summed E-state index contributed by atoms with van der Waals surface area (Å²) in [4.78, 5) is 15.2. The van der Waals surface area contributed by atoms with Crippen LogP contribution in [0.5, 0.6) is 5.75 Å². The van der Waals surface area contributed by atoms with Crippen molar-refractivity contribution in [2.45, 2.75) is 13.2 Å². The van der Waals surface area contributed by atoms with Gasteiger partial charge in [-0.25, -0.2) is 13.5 Å². The van der Waals surface area contributed by atoms with Gasteiger partial charge in [0, 0.05) is 29.6 Å². The molecule has 0 saturated carbocycles. The van der Waals surface area contributed by atoms with Gasteiger partial charge in [0.2, 0.25) is 0 Å². The molecule has 0 atom stereocenters. The Morgan fingerprint density at radius 2 is 1.71 bits per heavy atom. The van der Waals surface area contributed by atoms with Crippen LogP contribution in [0.4, 0.5) is 8.78 Å². The Labute approximate surface area is 177 Å². The molecule has 0 unspecified atom stereocenters. The van der Waals surface area contributed by atoms with Gasteiger partial charge < -0.3 is 4.74 Å². The van der Waals surface area contributed by atoms with E-state index in [0.29, 0.717) is 41.7 Å². The van der Waals surface area contributed by atoms with Crippen molar-refractivity contribution >= 4 is 10.8 Å². The number of hydrogen-bond donors (Lipinski definition) is 0. The van der Waals surface area contributed by atoms with Gasteiger partial charge in [0.05, 0.1) is 17.7 Å². The van der Waals surface area contributed by atoms with Crippen LogP contribution in [0.2, 0.25) is 0 Å². The molecular formula is C24H19F2N3O2. The number of aromatic nitrogens is 2. The first-order chi connectivity index (χ1) is 15.1. The minimum atomic E-state index is -0.956. The predicted octanol–water partition coefficient (Wildman–Crippen LogP) is 4.19. The van der Waals surface area contributed by atoms with Crippen LogP contribution in [0.25, 0.3) is 22.0 Å². The molecule has 0 radical (unpaired) electrons. The lowest BCUT2D eigenvalue weighted by Gasteiger charge is -2.21. The average Bonchev–Trinajstić information content (AvgIpc) is 2.99. The molecule has 1 aliphatic heterocycles. The molecule has 0 fully saturated rings. The van der Waals surface area contributed by atoms with Gasteiger partial charge in [-0.2, -0.15) is 5.10 Å². The number of benzene rings is 3. The Hall–Kier alpha value is -3.58. The molecule has 0 bridgehead atoms. The standard InChI is InChI=1S/C24H19F2N3O2/c25-20-10-9-16(13-21(20)26)23-18-6-2-3-7-19(18)24(30)29(27-23)15-28-11-12-31-22-8-4-1-5-17(22)14-28/h1-10,13H,11-12,14-15H2. The van der Waals surface area contributed by atoms with Crippen LogP contribution in [0, 0.1) is 11.6 Å². The third-order valence-electron chi connectivity index (χ3n) is 5.43. The van der Waals surface area contributed by atoms with Crippen LogP contribution in [0.3, 0.4) is 0 Å². The minimum Gasteiger partial charge on any atom is -0.492 e. The first kappa shape index (κ1) is 19.4. The Bertz CT molecular complexity index is 1340. The maximum absolute atomic E-state index is 13.9. The molecule has 0 amide bonds. The summed E-state index contributed by atoms with van der Waals surface area (Å²) in [6.45, 7) is 1.97. The molecule has 0 saturated heterocycles. The van der Waals surface area contributed by atoms with E-state index in [9.17, 15) is 13.6 Å². The summed E-state index contributed by atoms with van der Waals surface area (Å²) in [5.74, 6) is -1.04. The monoisotopic (exact) mass is 419 g/mol. The number of para-hydroxylation sites is 1. The molecule has 4 aromatic rings. The van der Waals surface area contributed by atoms with E-state index in [-0.39, 0.29) is 12.2 Å². The lowest BCUT2D eigenvalue weighted by atomic mass is 10.0. The molecule has 1 aliphatic rings. The van der Waals surface area contributed by atoms with E-state index in [4.69, 9.17) is 4.74 Å². The van der Waals surface area contributed by atoms with Crippen LogP contribution in [0.15, 0.2) is 71.5 Å². The SMILES string of the molecule is O=c1c2ccccc2c(-c2ccc(F)c(F)c2)nn1CN1CCOc2ccccc2C1. The quantitative estimate of drug-likeness (QED) is 0.500. The van der Waals surface area contributed by atoms with Gasteiger partial charge in [0.1, 0.15) is 12.4 Å². The predicted molar refractivity (Wildman–Crippen MR) is 114 cm³/mol. The average molecular weight is 419 g/mol. The first-order valence-electron chi connectivity index (χ1n) is 9.98. The van der Waals surface area contributed by atoms with Gasteiger partial charge in [0.15, 0.2) is 11.6 Å². The van der Waals surface area contributed by atoms with Crippen molar-refractivity contribution in [1.29, 1.82) is 0 Å². The summed E-state index contributed by atoms with van der Waals surface area (Å²) in [5.41, 5.74) is 1.64. The smallest absolute Gasteiger partial charge is 0.275 e. The van der Waals surface area contributed by atoms with Crippen LogP contribution >= 0.6 is 0 Å². The van der Waals surface area contributed by atoms with Gasteiger partial charge in [-0.3, -0.25) is 9.69 Å². The lowest BCUT2D eigenvalue weighted by molar-refractivity contribution is 0.175. The summed E-state index contributed by atoms with van der Waals surface area (Å²) in [6, 6.07) is 18.5. The number of ether oxygens (including phenoxy) is 1. The number of hydrogen-bond acceptors (Lipinski definition) is 4. The second kappa shape index (κ2) is 7.92. The van der Waals surface area contributed by atoms with Gasteiger partial charge in [-0.05, 0) is 30.3 Å². The van der Waals surface area contributed by atoms with E-state index in [1.807, 2.05) is 24.3 Å². The Kier molecular flexibility index (Phi) is 4.95. The van der Waals surface area contributed by atoms with Crippen molar-refractivity contribution in [3.8, 4) is 17.0 Å². The highest BCUT2D eigenvalue weighted by Crippen LogP contribution is 2.27. The molecule has 0 N–H and O–H groups in total. The zero-order chi connectivity index (χ0) is 21.4. The summed E-state index contributed by atoms with van der Waals surface area (Å²) < 4.78 is 34.6. The molecule has 7 heteroatoms. The highest BCUT2D eigenvalue weighted by molar-refractivity contribution is 5.93. The summed E-state index contributed by atoms with van der Waals surface area (Å²) >= 11 is 0. The van der Waals surface area contributed by atoms with Gasteiger partial charge in [0.25, 0.3) is 5.56 Å². The molecule has 0 aliphatic carbocycles. The van der Waals surface area contributed by atoms with Gasteiger partial charge in [-0.15, -0.1) is 0 Å². The van der Waals surface area contributed by atoms with Crippen LogP contribution < -0.4 is 10.3 Å². The van der Waals surface area contributed by atoms with E-state index in [2.05, 4.69) is 10.00 Å². The Morgan fingerprint density at radius 3 is 2.55 bits per heavy atom. The highest BCUT2D eigenvalue weighted by Gasteiger charge is 2.18. The zero-order valence-electron chi connectivity index (χ0n) is 16.6. The van der Waals surface area contributed by atoms with Crippen molar-refractivity contribution in [2.75, 3.05) is 13.2 Å². The van der Waals surface area contributed by atoms with E-state index in [1.165, 1.54) is 10.7 Å². The molecule has 5 nitrogen and oxygen atoms in total. The maximum Gasteiger partial charge on any atom is 0.275 e. The van der Waals surface area contributed by atoms with Crippen LogP contribution in [0.1, 0.15) is 5.56 Å². The number of rotatable bonds is 3. The normalized spacial score (nSPS) is 14.1. The maximum atomic E-state index is 13.9. The molecular weight excluding hydrogens is 400 g/mol. The summed E-state index contributed by atoms with van der Waals surface area (Å²) in [6.07, 6.45) is 0. The Balaban J connectivity index is 1.58. The fourth-order valence-corrected chi connectivity index (χ4v) is 3.88. The van der Waals surface area contributed by atoms with Crippen LogP contribution in [-0.2, 0) is 13.2 Å². The number of fused-ring (bicyclic) bond motifs is 2. The van der Waals surface area contributed by atoms with E-state index in [1.54, 1.807) is 24.3 Å². The van der Waals surface area contributed by atoms with Gasteiger partial charge >= 0.3 is 0 Å². The van der Waals surface area contributed by atoms with Crippen molar-refractivity contribution in [3.05, 3.63) is 94.3 Å². The largest absolute Gasteiger partial charge is 0.492 e. The topological polar surface area (TPSA) is 47.4 Å². The first-order valence-corrected chi connectivity index (χ1v) is 9.98. The van der Waals surface area contributed by atoms with E-state index < -0.39 is 11.6 Å². The third kappa shape index (κ3) is 3.68. The van der Waals surface area contributed by atoms with Crippen LogP contribution in [-0.4, -0.2) is 27.8 Å². The minimum absolute atomic E-state index is 0.236. The molecule has 5 rings (SSSR count). The number of nitrogens with zero attached hydrogens (tertiary/aromatic N) is 3. The molecule has 1 aromatic heterocycles. The summed E-state index contributed by atoms with van der Waals surface area (Å²) in [7, 11) is 0. The number of halogens is 2. The highest BCUT2D eigenvalue weighted by atomic mass is 19.2. The summed E-state index contributed by atoms with van der Waals surface area (Å²) in [5, 5.41) is 5.63. The molecule has 31 heavy (non-hydrogen) atoms. The lowest BCUT2D eigenvalue weighted by Crippen LogP contribution is -2.35. The van der Waals surface area contributed by atoms with E-state index in [0.717, 1.165) is 23.4 Å².